The van der Waals surface area contributed by atoms with Crippen LogP contribution in [-0.4, -0.2) is 32.6 Å². The number of Topliss-reactive ketones (excluding diaryl/α,β-unsaturated/α-hetero) is 1. The number of esters is 1. The average Bonchev–Trinajstić information content (AvgIpc) is 2.57. The maximum absolute atomic E-state index is 12.7. The molecule has 0 aliphatic carbocycles. The van der Waals surface area contributed by atoms with Crippen LogP contribution in [0.2, 0.25) is 0 Å². The Kier molecular flexibility index (Phi) is 8.90. The molecule has 0 aliphatic rings. The molecule has 0 heterocycles. The highest BCUT2D eigenvalue weighted by molar-refractivity contribution is 6.01. The Hall–Kier alpha value is -2.04. The summed E-state index contributed by atoms with van der Waals surface area (Å²) in [5.74, 6) is 0.612. The van der Waals surface area contributed by atoms with Gasteiger partial charge in [-0.25, -0.2) is 0 Å². The topological polar surface area (TPSA) is 61.8 Å². The largest absolute Gasteiger partial charge is 0.497 e. The van der Waals surface area contributed by atoms with E-state index < -0.39 is 0 Å². The molecule has 0 unspecified atom stereocenters. The first-order chi connectivity index (χ1) is 11.6. The summed E-state index contributed by atoms with van der Waals surface area (Å²) >= 11 is 0. The monoisotopic (exact) mass is 336 g/mol. The number of methoxy groups -OCH3 is 2. The predicted octanol–water partition coefficient (Wildman–Crippen LogP) is 3.96. The van der Waals surface area contributed by atoms with Crippen LogP contribution in [0.25, 0.3) is 0 Å². The summed E-state index contributed by atoms with van der Waals surface area (Å²) in [5.41, 5.74) is 1.05. The van der Waals surface area contributed by atoms with Gasteiger partial charge in [-0.3, -0.25) is 9.59 Å². The first-order valence-electron chi connectivity index (χ1n) is 8.51. The number of ketones is 1. The van der Waals surface area contributed by atoms with Gasteiger partial charge in [-0.1, -0.05) is 26.2 Å². The maximum Gasteiger partial charge on any atom is 0.310 e. The van der Waals surface area contributed by atoms with Crippen molar-refractivity contribution in [2.75, 3.05) is 20.8 Å². The van der Waals surface area contributed by atoms with E-state index in [9.17, 15) is 9.59 Å². The molecule has 1 aromatic rings. The lowest BCUT2D eigenvalue weighted by Gasteiger charge is -2.15. The van der Waals surface area contributed by atoms with Crippen molar-refractivity contribution in [3.8, 4) is 11.5 Å². The fourth-order valence-electron chi connectivity index (χ4n) is 2.58. The lowest BCUT2D eigenvalue weighted by atomic mass is 9.96. The van der Waals surface area contributed by atoms with Crippen molar-refractivity contribution in [2.24, 2.45) is 0 Å². The smallest absolute Gasteiger partial charge is 0.310 e. The first-order valence-corrected chi connectivity index (χ1v) is 8.51. The summed E-state index contributed by atoms with van der Waals surface area (Å²) in [6, 6.07) is 3.38. The number of hydrogen-bond donors (Lipinski definition) is 0. The summed E-state index contributed by atoms with van der Waals surface area (Å²) in [4.78, 5) is 24.5. The van der Waals surface area contributed by atoms with Crippen LogP contribution in [0.5, 0.6) is 11.5 Å². The van der Waals surface area contributed by atoms with E-state index in [0.717, 1.165) is 25.7 Å². The van der Waals surface area contributed by atoms with Crippen LogP contribution in [0, 0.1) is 0 Å². The van der Waals surface area contributed by atoms with E-state index in [4.69, 9.17) is 14.2 Å². The van der Waals surface area contributed by atoms with E-state index in [1.54, 1.807) is 19.1 Å². The quantitative estimate of drug-likeness (QED) is 0.348. The normalized spacial score (nSPS) is 10.3. The summed E-state index contributed by atoms with van der Waals surface area (Å²) in [7, 11) is 3.05. The minimum atomic E-state index is -0.368. The van der Waals surface area contributed by atoms with Gasteiger partial charge in [0.1, 0.15) is 11.5 Å². The Labute approximate surface area is 144 Å². The van der Waals surface area contributed by atoms with E-state index in [1.165, 1.54) is 14.2 Å². The van der Waals surface area contributed by atoms with E-state index in [0.29, 0.717) is 35.7 Å². The van der Waals surface area contributed by atoms with E-state index in [-0.39, 0.29) is 18.2 Å². The van der Waals surface area contributed by atoms with Gasteiger partial charge >= 0.3 is 5.97 Å². The van der Waals surface area contributed by atoms with Gasteiger partial charge in [0.25, 0.3) is 0 Å². The van der Waals surface area contributed by atoms with Crippen LogP contribution >= 0.6 is 0 Å². The number of carbonyl (C=O) groups is 2. The van der Waals surface area contributed by atoms with Gasteiger partial charge in [-0.2, -0.15) is 0 Å². The van der Waals surface area contributed by atoms with E-state index >= 15 is 0 Å². The van der Waals surface area contributed by atoms with Gasteiger partial charge in [-0.05, 0) is 25.0 Å². The maximum atomic E-state index is 12.7. The van der Waals surface area contributed by atoms with Gasteiger partial charge in [0.2, 0.25) is 0 Å². The molecular weight excluding hydrogens is 308 g/mol. The molecule has 0 N–H and O–H groups in total. The SMILES string of the molecule is CCCCCCC(=O)c1c(CC(=O)OCC)cc(OC)cc1OC. The van der Waals surface area contributed by atoms with Crippen molar-refractivity contribution in [1.82, 2.24) is 0 Å². The van der Waals surface area contributed by atoms with Gasteiger partial charge in [-0.15, -0.1) is 0 Å². The molecule has 134 valence electrons. The number of benzene rings is 1. The highest BCUT2D eigenvalue weighted by atomic mass is 16.5. The number of hydrogen-bond acceptors (Lipinski definition) is 5. The van der Waals surface area contributed by atoms with Gasteiger partial charge < -0.3 is 14.2 Å². The highest BCUT2D eigenvalue weighted by Crippen LogP contribution is 2.31. The van der Waals surface area contributed by atoms with Crippen LogP contribution in [0.3, 0.4) is 0 Å². The molecule has 0 saturated heterocycles. The molecule has 1 aromatic carbocycles. The number of rotatable bonds is 11. The molecule has 0 amide bonds. The first kappa shape index (κ1) is 20.0. The molecule has 0 fully saturated rings. The average molecular weight is 336 g/mol. The second kappa shape index (κ2) is 10.7. The molecule has 0 radical (unpaired) electrons. The predicted molar refractivity (Wildman–Crippen MR) is 93.0 cm³/mol. The van der Waals surface area contributed by atoms with Crippen LogP contribution in [0.1, 0.15) is 61.9 Å². The standard InChI is InChI=1S/C19H28O5/c1-5-7-8-9-10-16(20)19-14(12-18(21)24-6-2)11-15(22-3)13-17(19)23-4/h11,13H,5-10,12H2,1-4H3. The molecule has 0 aromatic heterocycles. The summed E-state index contributed by atoms with van der Waals surface area (Å²) in [6.07, 6.45) is 4.56. The fraction of sp³-hybridized carbons (Fsp3) is 0.579. The molecule has 24 heavy (non-hydrogen) atoms. The number of unbranched alkanes of at least 4 members (excludes halogenated alkanes) is 3. The van der Waals surface area contributed by atoms with Crippen molar-refractivity contribution in [1.29, 1.82) is 0 Å². The lowest BCUT2D eigenvalue weighted by molar-refractivity contribution is -0.142. The minimum absolute atomic E-state index is 0.00935. The summed E-state index contributed by atoms with van der Waals surface area (Å²) in [5, 5.41) is 0. The summed E-state index contributed by atoms with van der Waals surface area (Å²) in [6.45, 7) is 4.19. The molecule has 0 atom stereocenters. The zero-order valence-corrected chi connectivity index (χ0v) is 15.1. The zero-order chi connectivity index (χ0) is 17.9. The Bertz CT molecular complexity index is 551. The molecule has 1 rings (SSSR count). The van der Waals surface area contributed by atoms with Crippen LogP contribution < -0.4 is 9.47 Å². The lowest BCUT2D eigenvalue weighted by Crippen LogP contribution is -2.13. The zero-order valence-electron chi connectivity index (χ0n) is 15.1. The molecule has 0 bridgehead atoms. The Morgan fingerprint density at radius 2 is 1.75 bits per heavy atom. The van der Waals surface area contributed by atoms with Crippen LogP contribution in [0.15, 0.2) is 12.1 Å². The van der Waals surface area contributed by atoms with Crippen LogP contribution in [-0.2, 0) is 16.0 Å². The Morgan fingerprint density at radius 1 is 1.00 bits per heavy atom. The third kappa shape index (κ3) is 5.87. The second-order valence-electron chi connectivity index (χ2n) is 5.58. The third-order valence-electron chi connectivity index (χ3n) is 3.79. The second-order valence-corrected chi connectivity index (χ2v) is 5.58. The highest BCUT2D eigenvalue weighted by Gasteiger charge is 2.21. The molecule has 0 aliphatic heterocycles. The third-order valence-corrected chi connectivity index (χ3v) is 3.79. The van der Waals surface area contributed by atoms with Crippen molar-refractivity contribution >= 4 is 11.8 Å². The number of carbonyl (C=O) groups excluding carboxylic acids is 2. The Balaban J connectivity index is 3.08. The molecular formula is C19H28O5. The van der Waals surface area contributed by atoms with E-state index in [2.05, 4.69) is 6.92 Å². The van der Waals surface area contributed by atoms with Gasteiger partial charge in [0, 0.05) is 12.5 Å². The van der Waals surface area contributed by atoms with Gasteiger partial charge in [0.15, 0.2) is 5.78 Å². The van der Waals surface area contributed by atoms with Crippen molar-refractivity contribution in [3.63, 3.8) is 0 Å². The van der Waals surface area contributed by atoms with E-state index in [1.807, 2.05) is 0 Å². The fourth-order valence-corrected chi connectivity index (χ4v) is 2.58. The Morgan fingerprint density at radius 3 is 2.33 bits per heavy atom. The minimum Gasteiger partial charge on any atom is -0.497 e. The number of ether oxygens (including phenoxy) is 3. The molecule has 0 spiro atoms. The summed E-state index contributed by atoms with van der Waals surface area (Å²) < 4.78 is 15.6. The molecule has 5 heteroatoms. The van der Waals surface area contributed by atoms with Crippen molar-refractivity contribution in [2.45, 2.75) is 52.4 Å². The van der Waals surface area contributed by atoms with Crippen molar-refractivity contribution in [3.05, 3.63) is 23.3 Å². The molecule has 5 nitrogen and oxygen atoms in total. The van der Waals surface area contributed by atoms with Crippen LogP contribution in [0.4, 0.5) is 0 Å². The van der Waals surface area contributed by atoms with Crippen molar-refractivity contribution < 1.29 is 23.8 Å². The van der Waals surface area contributed by atoms with Gasteiger partial charge in [0.05, 0.1) is 32.8 Å². The molecule has 0 saturated carbocycles.